The Hall–Kier alpha value is -2.44. The highest BCUT2D eigenvalue weighted by atomic mass is 35.5. The predicted molar refractivity (Wildman–Crippen MR) is 108 cm³/mol. The number of halogens is 2. The van der Waals surface area contributed by atoms with Gasteiger partial charge in [-0.25, -0.2) is 0 Å². The molecule has 0 saturated carbocycles. The lowest BCUT2D eigenvalue weighted by Crippen LogP contribution is -2.35. The molecule has 0 unspecified atom stereocenters. The van der Waals surface area contributed by atoms with E-state index in [-0.39, 0.29) is 24.8 Å². The Labute approximate surface area is 173 Å². The molecule has 0 saturated heterocycles. The molecule has 28 heavy (non-hydrogen) atoms. The molecule has 0 radical (unpaired) electrons. The number of hydrogen-bond acceptors (Lipinski definition) is 4. The molecular weight excluding hydrogens is 403 g/mol. The molecule has 0 fully saturated rings. The summed E-state index contributed by atoms with van der Waals surface area (Å²) in [6.45, 7) is 1.01. The number of nitrogens with zero attached hydrogens (tertiary/aromatic N) is 1. The van der Waals surface area contributed by atoms with Crippen LogP contribution < -0.4 is 14.8 Å². The van der Waals surface area contributed by atoms with Gasteiger partial charge >= 0.3 is 0 Å². The maximum atomic E-state index is 12.3. The molecule has 148 valence electrons. The minimum atomic E-state index is -0.312. The first-order chi connectivity index (χ1) is 13.4. The van der Waals surface area contributed by atoms with Crippen molar-refractivity contribution >= 4 is 40.7 Å². The van der Waals surface area contributed by atoms with Gasteiger partial charge in [0.1, 0.15) is 13.2 Å². The Morgan fingerprint density at radius 2 is 1.79 bits per heavy atom. The van der Waals surface area contributed by atoms with Gasteiger partial charge in [0.05, 0.1) is 16.6 Å². The molecular formula is C20H20Cl2N2O4. The van der Waals surface area contributed by atoms with Crippen LogP contribution in [0.1, 0.15) is 12.0 Å². The lowest BCUT2D eigenvalue weighted by molar-refractivity contribution is -0.133. The van der Waals surface area contributed by atoms with E-state index in [1.165, 1.54) is 4.90 Å². The van der Waals surface area contributed by atoms with Crippen LogP contribution in [-0.4, -0.2) is 43.5 Å². The molecule has 1 heterocycles. The first kappa shape index (κ1) is 20.3. The Bertz CT molecular complexity index is 889. The van der Waals surface area contributed by atoms with Crippen LogP contribution in [0, 0.1) is 0 Å². The number of anilines is 1. The van der Waals surface area contributed by atoms with E-state index in [1.54, 1.807) is 25.2 Å². The Morgan fingerprint density at radius 1 is 1.04 bits per heavy atom. The number of benzene rings is 2. The topological polar surface area (TPSA) is 67.9 Å². The van der Waals surface area contributed by atoms with Gasteiger partial charge < -0.3 is 19.7 Å². The minimum Gasteiger partial charge on any atom is -0.486 e. The highest BCUT2D eigenvalue weighted by molar-refractivity contribution is 6.42. The quantitative estimate of drug-likeness (QED) is 0.768. The first-order valence-electron chi connectivity index (χ1n) is 8.80. The molecule has 0 aliphatic carbocycles. The average molecular weight is 423 g/mol. The third-order valence-corrected chi connectivity index (χ3v) is 4.98. The summed E-state index contributed by atoms with van der Waals surface area (Å²) >= 11 is 11.8. The molecule has 1 N–H and O–H groups in total. The zero-order chi connectivity index (χ0) is 20.1. The third kappa shape index (κ3) is 5.30. The maximum Gasteiger partial charge on any atom is 0.243 e. The normalized spacial score (nSPS) is 12.4. The van der Waals surface area contributed by atoms with Gasteiger partial charge in [0, 0.05) is 19.2 Å². The number of carbonyl (C=O) groups excluding carboxylic acids is 2. The second-order valence-corrected chi connectivity index (χ2v) is 7.22. The average Bonchev–Trinajstić information content (AvgIpc) is 2.68. The van der Waals surface area contributed by atoms with Crippen molar-refractivity contribution in [1.29, 1.82) is 0 Å². The fourth-order valence-electron chi connectivity index (χ4n) is 2.76. The van der Waals surface area contributed by atoms with Crippen LogP contribution in [0.3, 0.4) is 0 Å². The molecule has 0 spiro atoms. The number of rotatable bonds is 6. The number of hydrogen-bond donors (Lipinski definition) is 1. The van der Waals surface area contributed by atoms with Crippen LogP contribution in [0.25, 0.3) is 0 Å². The second-order valence-electron chi connectivity index (χ2n) is 6.40. The number of ether oxygens (including phenoxy) is 2. The molecule has 0 bridgehead atoms. The molecule has 1 aliphatic heterocycles. The molecule has 8 heteroatoms. The first-order valence-corrected chi connectivity index (χ1v) is 9.55. The summed E-state index contributed by atoms with van der Waals surface area (Å²) in [5.74, 6) is 0.982. The second kappa shape index (κ2) is 9.17. The lowest BCUT2D eigenvalue weighted by Gasteiger charge is -2.19. The predicted octanol–water partition coefficient (Wildman–Crippen LogP) is 3.79. The summed E-state index contributed by atoms with van der Waals surface area (Å²) in [4.78, 5) is 25.9. The van der Waals surface area contributed by atoms with Crippen LogP contribution in [0.4, 0.5) is 5.69 Å². The molecule has 1 aliphatic rings. The fourth-order valence-corrected chi connectivity index (χ4v) is 3.06. The molecule has 0 atom stereocenters. The van der Waals surface area contributed by atoms with Gasteiger partial charge in [-0.1, -0.05) is 29.3 Å². The summed E-state index contributed by atoms with van der Waals surface area (Å²) in [6, 6.07) is 10.5. The summed E-state index contributed by atoms with van der Waals surface area (Å²) in [7, 11) is 1.60. The molecule has 6 nitrogen and oxygen atoms in total. The fraction of sp³-hybridized carbons (Fsp3) is 0.300. The van der Waals surface area contributed by atoms with Gasteiger partial charge in [0.25, 0.3) is 0 Å². The van der Waals surface area contributed by atoms with E-state index in [4.69, 9.17) is 32.7 Å². The van der Waals surface area contributed by atoms with Crippen LogP contribution in [0.15, 0.2) is 36.4 Å². The van der Waals surface area contributed by atoms with Crippen LogP contribution >= 0.6 is 23.2 Å². The summed E-state index contributed by atoms with van der Waals surface area (Å²) in [5, 5.41) is 3.46. The van der Waals surface area contributed by atoms with E-state index in [0.29, 0.717) is 41.1 Å². The minimum absolute atomic E-state index is 0.0553. The number of likely N-dealkylation sites (N-methyl/N-ethyl adjacent to an activating group) is 1. The van der Waals surface area contributed by atoms with E-state index in [9.17, 15) is 9.59 Å². The van der Waals surface area contributed by atoms with E-state index in [2.05, 4.69) is 5.32 Å². The van der Waals surface area contributed by atoms with Crippen molar-refractivity contribution in [2.45, 2.75) is 12.8 Å². The Kier molecular flexibility index (Phi) is 6.65. The largest absolute Gasteiger partial charge is 0.486 e. The van der Waals surface area contributed by atoms with Crippen LogP contribution in [-0.2, 0) is 16.0 Å². The van der Waals surface area contributed by atoms with Crippen molar-refractivity contribution in [2.75, 3.05) is 32.1 Å². The highest BCUT2D eigenvalue weighted by Crippen LogP contribution is 2.31. The number of fused-ring (bicyclic) bond motifs is 1. The van der Waals surface area contributed by atoms with Crippen molar-refractivity contribution in [2.24, 2.45) is 0 Å². The SMILES string of the molecule is CN(CC(=O)Nc1ccc(Cl)c(Cl)c1)C(=O)CCc1ccc2c(c1)OCCO2. The van der Waals surface area contributed by atoms with Gasteiger partial charge in [0.15, 0.2) is 11.5 Å². The summed E-state index contributed by atoms with van der Waals surface area (Å²) in [6.07, 6.45) is 0.838. The van der Waals surface area contributed by atoms with Crippen molar-refractivity contribution in [3.8, 4) is 11.5 Å². The Balaban J connectivity index is 1.48. The van der Waals surface area contributed by atoms with Crippen molar-refractivity contribution in [1.82, 2.24) is 4.90 Å². The van der Waals surface area contributed by atoms with Crippen LogP contribution in [0.2, 0.25) is 10.0 Å². The number of nitrogens with one attached hydrogen (secondary N) is 1. The van der Waals surface area contributed by atoms with Gasteiger partial charge in [-0.05, 0) is 42.3 Å². The van der Waals surface area contributed by atoms with E-state index >= 15 is 0 Å². The smallest absolute Gasteiger partial charge is 0.243 e. The zero-order valence-electron chi connectivity index (χ0n) is 15.3. The molecule has 2 aromatic carbocycles. The van der Waals surface area contributed by atoms with Gasteiger partial charge in [-0.2, -0.15) is 0 Å². The number of carbonyl (C=O) groups is 2. The van der Waals surface area contributed by atoms with Crippen molar-refractivity contribution < 1.29 is 19.1 Å². The molecule has 2 amide bonds. The van der Waals surface area contributed by atoms with Crippen molar-refractivity contribution in [3.63, 3.8) is 0 Å². The standard InChI is InChI=1S/C20H20Cl2N2O4/c1-24(12-19(25)23-14-4-5-15(21)16(22)11-14)20(26)7-3-13-2-6-17-18(10-13)28-9-8-27-17/h2,4-6,10-11H,3,7-9,12H2,1H3,(H,23,25). The lowest BCUT2D eigenvalue weighted by atomic mass is 10.1. The van der Waals surface area contributed by atoms with E-state index < -0.39 is 0 Å². The number of amides is 2. The van der Waals surface area contributed by atoms with Gasteiger partial charge in [0.2, 0.25) is 11.8 Å². The molecule has 3 rings (SSSR count). The highest BCUT2D eigenvalue weighted by Gasteiger charge is 2.15. The van der Waals surface area contributed by atoms with Crippen LogP contribution in [0.5, 0.6) is 11.5 Å². The van der Waals surface area contributed by atoms with Gasteiger partial charge in [-0.3, -0.25) is 9.59 Å². The molecule has 2 aromatic rings. The maximum absolute atomic E-state index is 12.3. The monoisotopic (exact) mass is 422 g/mol. The van der Waals surface area contributed by atoms with Crippen molar-refractivity contribution in [3.05, 3.63) is 52.0 Å². The summed E-state index contributed by atoms with van der Waals surface area (Å²) in [5.41, 5.74) is 1.50. The zero-order valence-corrected chi connectivity index (χ0v) is 16.8. The van der Waals surface area contributed by atoms with Gasteiger partial charge in [-0.15, -0.1) is 0 Å². The van der Waals surface area contributed by atoms with E-state index in [0.717, 1.165) is 11.3 Å². The summed E-state index contributed by atoms with van der Waals surface area (Å²) < 4.78 is 11.0. The Morgan fingerprint density at radius 3 is 2.54 bits per heavy atom. The van der Waals surface area contributed by atoms with E-state index in [1.807, 2.05) is 18.2 Å². The number of aryl methyl sites for hydroxylation is 1. The third-order valence-electron chi connectivity index (χ3n) is 4.24. The molecule has 0 aromatic heterocycles.